The Bertz CT molecular complexity index is 782. The van der Waals surface area contributed by atoms with Crippen LogP contribution in [0.2, 0.25) is 0 Å². The van der Waals surface area contributed by atoms with Crippen LogP contribution in [0.3, 0.4) is 0 Å². The fourth-order valence-electron chi connectivity index (χ4n) is 2.95. The van der Waals surface area contributed by atoms with Gasteiger partial charge in [0.15, 0.2) is 0 Å². The summed E-state index contributed by atoms with van der Waals surface area (Å²) >= 11 is 0.374. The molecule has 0 atom stereocenters. The normalized spacial score (nSPS) is 15.2. The van der Waals surface area contributed by atoms with Crippen LogP contribution in [0.15, 0.2) is 36.4 Å². The molecule has 0 aliphatic heterocycles. The van der Waals surface area contributed by atoms with Crippen LogP contribution in [0.25, 0.3) is 19.3 Å². The Morgan fingerprint density at radius 1 is 0.944 bits per heavy atom. The van der Waals surface area contributed by atoms with Crippen molar-refractivity contribution in [2.24, 2.45) is 0 Å². The van der Waals surface area contributed by atoms with E-state index in [1.165, 1.54) is 24.9 Å². The van der Waals surface area contributed by atoms with Gasteiger partial charge in [-0.15, -0.1) is 0 Å². The van der Waals surface area contributed by atoms with E-state index in [0.29, 0.717) is 20.3 Å². The molecule has 3 aromatic rings. The van der Waals surface area contributed by atoms with Crippen LogP contribution in [0.5, 0.6) is 0 Å². The Morgan fingerprint density at radius 3 is 2.78 bits per heavy atom. The third-order valence-corrected chi connectivity index (χ3v) is 6.14. The summed E-state index contributed by atoms with van der Waals surface area (Å²) in [5.74, 6) is 0.348. The zero-order chi connectivity index (χ0) is 12.1. The van der Waals surface area contributed by atoms with Crippen LogP contribution in [0.1, 0.15) is 28.8 Å². The molecule has 0 radical (unpaired) electrons. The fraction of sp³-hybridized carbons (Fsp3) is 0.188. The Hall–Kier alpha value is -1.37. The monoisotopic (exact) mass is 300 g/mol. The van der Waals surface area contributed by atoms with Crippen LogP contribution in [-0.2, 0) is 6.42 Å². The summed E-state index contributed by atoms with van der Waals surface area (Å²) in [5, 5.41) is 2.56. The van der Waals surface area contributed by atoms with Crippen LogP contribution in [0.4, 0.5) is 0 Å². The molecule has 1 aliphatic carbocycles. The Morgan fingerprint density at radius 2 is 1.83 bits per heavy atom. The third kappa shape index (κ3) is 1.36. The molecular formula is C16H12OSe. The zero-order valence-corrected chi connectivity index (χ0v) is 11.6. The van der Waals surface area contributed by atoms with Crippen LogP contribution < -0.4 is 0 Å². The second-order valence-corrected chi connectivity index (χ2v) is 7.12. The van der Waals surface area contributed by atoms with E-state index >= 15 is 0 Å². The number of carbonyl (C=O) groups excluding carboxylic acids is 1. The van der Waals surface area contributed by atoms with Gasteiger partial charge in [-0.1, -0.05) is 0 Å². The second-order valence-electron chi connectivity index (χ2n) is 4.85. The molecular weight excluding hydrogens is 287 g/mol. The number of hydrogen-bond donors (Lipinski definition) is 0. The summed E-state index contributed by atoms with van der Waals surface area (Å²) in [5.41, 5.74) is 2.29. The van der Waals surface area contributed by atoms with Crippen molar-refractivity contribution in [2.45, 2.75) is 19.3 Å². The number of rotatable bonds is 0. The standard InChI is InChI=1S/C16H12OSe/c17-12-6-3-4-10-8-9-14-16(15(10)12)11-5-1-2-7-13(11)18-14/h1-2,5,7-9H,3-4,6H2. The topological polar surface area (TPSA) is 17.1 Å². The summed E-state index contributed by atoms with van der Waals surface area (Å²) in [6.45, 7) is 0. The number of ketones is 1. The minimum absolute atomic E-state index is 0.348. The molecule has 18 heavy (non-hydrogen) atoms. The van der Waals surface area contributed by atoms with Crippen molar-refractivity contribution in [1.29, 1.82) is 0 Å². The van der Waals surface area contributed by atoms with Gasteiger partial charge >= 0.3 is 111 Å². The van der Waals surface area contributed by atoms with Crippen molar-refractivity contribution in [3.05, 3.63) is 47.5 Å². The van der Waals surface area contributed by atoms with Crippen LogP contribution in [0, 0.1) is 0 Å². The van der Waals surface area contributed by atoms with E-state index in [4.69, 9.17) is 0 Å². The van der Waals surface area contributed by atoms with Gasteiger partial charge in [0.1, 0.15) is 0 Å². The predicted octanol–water partition coefficient (Wildman–Crippen LogP) is 3.57. The average Bonchev–Trinajstić information content (AvgIpc) is 2.77. The fourth-order valence-corrected chi connectivity index (χ4v) is 5.29. The molecule has 4 rings (SSSR count). The molecule has 2 heteroatoms. The first-order valence-corrected chi connectivity index (χ1v) is 8.02. The molecule has 0 unspecified atom stereocenters. The van der Waals surface area contributed by atoms with E-state index < -0.39 is 0 Å². The Kier molecular flexibility index (Phi) is 2.23. The molecule has 88 valence electrons. The van der Waals surface area contributed by atoms with Crippen LogP contribution in [-0.4, -0.2) is 20.3 Å². The summed E-state index contributed by atoms with van der Waals surface area (Å²) in [7, 11) is 0. The predicted molar refractivity (Wildman–Crippen MR) is 75.7 cm³/mol. The van der Waals surface area contributed by atoms with Gasteiger partial charge in [0.05, 0.1) is 0 Å². The molecule has 0 fully saturated rings. The van der Waals surface area contributed by atoms with Crippen molar-refractivity contribution < 1.29 is 4.79 Å². The van der Waals surface area contributed by atoms with Crippen molar-refractivity contribution >= 4 is 39.6 Å². The molecule has 0 bridgehead atoms. The van der Waals surface area contributed by atoms with Crippen LogP contribution >= 0.6 is 0 Å². The summed E-state index contributed by atoms with van der Waals surface area (Å²) in [6, 6.07) is 13.0. The van der Waals surface area contributed by atoms with Gasteiger partial charge in [-0.25, -0.2) is 0 Å². The van der Waals surface area contributed by atoms with E-state index in [9.17, 15) is 4.79 Å². The number of hydrogen-bond acceptors (Lipinski definition) is 1. The van der Waals surface area contributed by atoms with Gasteiger partial charge in [-0.05, 0) is 0 Å². The molecule has 1 nitrogen and oxygen atoms in total. The number of benzene rings is 2. The maximum absolute atomic E-state index is 12.3. The Labute approximate surface area is 111 Å². The quantitative estimate of drug-likeness (QED) is 0.580. The first kappa shape index (κ1) is 10.5. The number of Topliss-reactive ketones (excluding diaryl/α,β-unsaturated/α-hetero) is 1. The molecule has 1 aliphatic rings. The van der Waals surface area contributed by atoms with Crippen molar-refractivity contribution in [3.63, 3.8) is 0 Å². The van der Waals surface area contributed by atoms with E-state index in [0.717, 1.165) is 24.8 Å². The summed E-state index contributed by atoms with van der Waals surface area (Å²) in [4.78, 5) is 12.3. The minimum atomic E-state index is 0.348. The molecule has 0 amide bonds. The first-order chi connectivity index (χ1) is 8.84. The van der Waals surface area contributed by atoms with E-state index in [1.54, 1.807) is 0 Å². The van der Waals surface area contributed by atoms with Gasteiger partial charge in [-0.2, -0.15) is 0 Å². The first-order valence-electron chi connectivity index (χ1n) is 6.31. The van der Waals surface area contributed by atoms with Gasteiger partial charge in [0.2, 0.25) is 0 Å². The molecule has 1 aromatic heterocycles. The SMILES string of the molecule is O=C1CCCc2ccc3[se]c4ccccc4c3c21. The average molecular weight is 299 g/mol. The van der Waals surface area contributed by atoms with Gasteiger partial charge in [-0.3, -0.25) is 0 Å². The maximum atomic E-state index is 12.3. The van der Waals surface area contributed by atoms with Crippen molar-refractivity contribution in [2.75, 3.05) is 0 Å². The second kappa shape index (κ2) is 3.81. The molecule has 1 heterocycles. The van der Waals surface area contributed by atoms with Crippen molar-refractivity contribution in [3.8, 4) is 0 Å². The summed E-state index contributed by atoms with van der Waals surface area (Å²) in [6.07, 6.45) is 2.79. The van der Waals surface area contributed by atoms with E-state index in [2.05, 4.69) is 36.4 Å². The molecule has 0 saturated heterocycles. The zero-order valence-electron chi connectivity index (χ0n) is 9.90. The van der Waals surface area contributed by atoms with Crippen molar-refractivity contribution in [1.82, 2.24) is 0 Å². The van der Waals surface area contributed by atoms with Gasteiger partial charge in [0.25, 0.3) is 0 Å². The Balaban J connectivity index is 2.24. The molecule has 0 spiro atoms. The van der Waals surface area contributed by atoms with Gasteiger partial charge < -0.3 is 0 Å². The van der Waals surface area contributed by atoms with E-state index in [-0.39, 0.29) is 0 Å². The third-order valence-electron chi connectivity index (χ3n) is 3.76. The molecule has 0 saturated carbocycles. The number of fused-ring (bicyclic) bond motifs is 5. The van der Waals surface area contributed by atoms with Gasteiger partial charge in [0, 0.05) is 0 Å². The molecule has 2 aromatic carbocycles. The molecule has 0 N–H and O–H groups in total. The number of carbonyl (C=O) groups is 1. The number of aryl methyl sites for hydroxylation is 1. The van der Waals surface area contributed by atoms with E-state index in [1.807, 2.05) is 0 Å². The summed E-state index contributed by atoms with van der Waals surface area (Å²) < 4.78 is 2.81.